The van der Waals surface area contributed by atoms with E-state index in [-0.39, 0.29) is 0 Å². The van der Waals surface area contributed by atoms with Crippen LogP contribution in [0.15, 0.2) is 28.2 Å². The molecule has 0 fully saturated rings. The topological polar surface area (TPSA) is 36.1 Å². The maximum absolute atomic E-state index is 8.52. The van der Waals surface area contributed by atoms with Gasteiger partial charge in [-0.25, -0.2) is 4.40 Å². The van der Waals surface area contributed by atoms with Gasteiger partial charge in [-0.3, -0.25) is 0 Å². The van der Waals surface area contributed by atoms with Gasteiger partial charge in [-0.2, -0.15) is 5.26 Å². The standard InChI is InChI=1S/C8H10N2S/c1-3-4-8(7-9)5-6-10-11-2/h3-6H,1-2H3/b4-3+,8-5+,10-6?. The molecule has 11 heavy (non-hydrogen) atoms. The summed E-state index contributed by atoms with van der Waals surface area (Å²) in [7, 11) is 0. The van der Waals surface area contributed by atoms with Gasteiger partial charge in [-0.15, -0.1) is 0 Å². The number of nitriles is 1. The fourth-order valence-electron chi connectivity index (χ4n) is 0.481. The first-order chi connectivity index (χ1) is 5.35. The van der Waals surface area contributed by atoms with Crippen molar-refractivity contribution in [2.45, 2.75) is 6.92 Å². The molecule has 0 N–H and O–H groups in total. The van der Waals surface area contributed by atoms with Crippen LogP contribution in [0.1, 0.15) is 6.92 Å². The third-order valence-electron chi connectivity index (χ3n) is 0.896. The van der Waals surface area contributed by atoms with Crippen LogP contribution >= 0.6 is 11.9 Å². The third kappa shape index (κ3) is 5.43. The summed E-state index contributed by atoms with van der Waals surface area (Å²) in [5.41, 5.74) is 0.616. The first-order valence-electron chi connectivity index (χ1n) is 3.14. The zero-order valence-electron chi connectivity index (χ0n) is 6.61. The van der Waals surface area contributed by atoms with E-state index in [0.29, 0.717) is 5.57 Å². The van der Waals surface area contributed by atoms with Gasteiger partial charge in [-0.1, -0.05) is 6.08 Å². The molecular formula is C8H10N2S. The van der Waals surface area contributed by atoms with Crippen LogP contribution in [0, 0.1) is 11.3 Å². The van der Waals surface area contributed by atoms with E-state index in [0.717, 1.165) is 0 Å². The third-order valence-corrected chi connectivity index (χ3v) is 1.23. The number of nitrogens with zero attached hydrogens (tertiary/aromatic N) is 2. The molecule has 0 aliphatic rings. The highest BCUT2D eigenvalue weighted by molar-refractivity contribution is 7.97. The van der Waals surface area contributed by atoms with Crippen molar-refractivity contribution in [3.63, 3.8) is 0 Å². The molecule has 2 nitrogen and oxygen atoms in total. The molecule has 0 spiro atoms. The van der Waals surface area contributed by atoms with Crippen molar-refractivity contribution in [2.24, 2.45) is 4.40 Å². The highest BCUT2D eigenvalue weighted by atomic mass is 32.2. The minimum Gasteiger partial charge on any atom is -0.225 e. The molecule has 0 aromatic rings. The predicted molar refractivity (Wildman–Crippen MR) is 50.5 cm³/mol. The monoisotopic (exact) mass is 166 g/mol. The summed E-state index contributed by atoms with van der Waals surface area (Å²) < 4.78 is 3.87. The average molecular weight is 166 g/mol. The maximum atomic E-state index is 8.52. The van der Waals surface area contributed by atoms with Crippen LogP contribution < -0.4 is 0 Å². The smallest absolute Gasteiger partial charge is 0.0992 e. The van der Waals surface area contributed by atoms with Crippen molar-refractivity contribution in [3.05, 3.63) is 23.8 Å². The lowest BCUT2D eigenvalue weighted by Crippen LogP contribution is -1.71. The minimum atomic E-state index is 0.616. The Morgan fingerprint density at radius 1 is 1.64 bits per heavy atom. The fourth-order valence-corrected chi connectivity index (χ4v) is 0.664. The van der Waals surface area contributed by atoms with Gasteiger partial charge in [0.1, 0.15) is 0 Å². The minimum absolute atomic E-state index is 0.616. The Hall–Kier alpha value is -1.01. The molecule has 0 heterocycles. The van der Waals surface area contributed by atoms with Gasteiger partial charge in [0, 0.05) is 12.5 Å². The van der Waals surface area contributed by atoms with E-state index in [1.165, 1.54) is 11.9 Å². The highest BCUT2D eigenvalue weighted by Crippen LogP contribution is 1.95. The fraction of sp³-hybridized carbons (Fsp3) is 0.250. The van der Waals surface area contributed by atoms with Crippen LogP contribution in [0.5, 0.6) is 0 Å². The summed E-state index contributed by atoms with van der Waals surface area (Å²) >= 11 is 1.36. The van der Waals surface area contributed by atoms with Crippen LogP contribution in [0.3, 0.4) is 0 Å². The van der Waals surface area contributed by atoms with E-state index >= 15 is 0 Å². The SMILES string of the molecule is C/C=C/C(C#N)=C\C=NSC. The molecule has 0 saturated carbocycles. The second kappa shape index (κ2) is 7.10. The van der Waals surface area contributed by atoms with Gasteiger partial charge < -0.3 is 0 Å². The molecule has 3 heteroatoms. The summed E-state index contributed by atoms with van der Waals surface area (Å²) in [6.45, 7) is 1.87. The normalized spacial score (nSPS) is 12.6. The Morgan fingerprint density at radius 3 is 2.82 bits per heavy atom. The quantitative estimate of drug-likeness (QED) is 0.279. The lowest BCUT2D eigenvalue weighted by atomic mass is 10.2. The van der Waals surface area contributed by atoms with Crippen LogP contribution in [0.2, 0.25) is 0 Å². The second-order valence-corrected chi connectivity index (χ2v) is 2.25. The molecule has 0 aromatic carbocycles. The summed E-state index contributed by atoms with van der Waals surface area (Å²) in [6, 6.07) is 2.04. The van der Waals surface area contributed by atoms with Crippen molar-refractivity contribution < 1.29 is 0 Å². The van der Waals surface area contributed by atoms with E-state index < -0.39 is 0 Å². The summed E-state index contributed by atoms with van der Waals surface area (Å²) in [5, 5.41) is 8.52. The first-order valence-corrected chi connectivity index (χ1v) is 4.33. The highest BCUT2D eigenvalue weighted by Gasteiger charge is 1.82. The molecule has 0 amide bonds. The Bertz CT molecular complexity index is 221. The molecule has 0 atom stereocenters. The van der Waals surface area contributed by atoms with Gasteiger partial charge in [-0.05, 0) is 31.0 Å². The molecule has 0 aliphatic heterocycles. The van der Waals surface area contributed by atoms with Crippen LogP contribution in [0.25, 0.3) is 0 Å². The van der Waals surface area contributed by atoms with Crippen molar-refractivity contribution in [2.75, 3.05) is 6.26 Å². The molecule has 0 unspecified atom stereocenters. The Balaban J connectivity index is 4.15. The van der Waals surface area contributed by atoms with E-state index in [4.69, 9.17) is 5.26 Å². The van der Waals surface area contributed by atoms with E-state index in [1.807, 2.05) is 25.3 Å². The number of hydrogen-bond donors (Lipinski definition) is 0. The molecule has 58 valence electrons. The first kappa shape index (κ1) is 9.99. The molecule has 0 bridgehead atoms. The summed E-state index contributed by atoms with van der Waals surface area (Å²) in [5.74, 6) is 0. The van der Waals surface area contributed by atoms with Gasteiger partial charge in [0.2, 0.25) is 0 Å². The van der Waals surface area contributed by atoms with Crippen LogP contribution in [-0.2, 0) is 0 Å². The molecule has 0 aromatic heterocycles. The number of rotatable bonds is 3. The van der Waals surface area contributed by atoms with Crippen molar-refractivity contribution >= 4 is 18.2 Å². The summed E-state index contributed by atoms with van der Waals surface area (Å²) in [6.07, 6.45) is 8.72. The Labute approximate surface area is 71.5 Å². The predicted octanol–water partition coefficient (Wildman–Crippen LogP) is 2.36. The van der Waals surface area contributed by atoms with Crippen molar-refractivity contribution in [1.29, 1.82) is 5.26 Å². The zero-order chi connectivity index (χ0) is 8.53. The lowest BCUT2D eigenvalue weighted by Gasteiger charge is -1.81. The van der Waals surface area contributed by atoms with Gasteiger partial charge in [0.25, 0.3) is 0 Å². The Morgan fingerprint density at radius 2 is 2.36 bits per heavy atom. The van der Waals surface area contributed by atoms with Gasteiger partial charge in [0.15, 0.2) is 0 Å². The molecule has 0 aliphatic carbocycles. The largest absolute Gasteiger partial charge is 0.225 e. The van der Waals surface area contributed by atoms with Crippen molar-refractivity contribution in [3.8, 4) is 6.07 Å². The van der Waals surface area contributed by atoms with Crippen LogP contribution in [-0.4, -0.2) is 12.5 Å². The molecule has 0 radical (unpaired) electrons. The molecule has 0 saturated heterocycles. The van der Waals surface area contributed by atoms with E-state index in [2.05, 4.69) is 4.40 Å². The molecule has 0 rings (SSSR count). The second-order valence-electron chi connectivity index (χ2n) is 1.67. The molecular weight excluding hydrogens is 156 g/mol. The number of hydrogen-bond acceptors (Lipinski definition) is 3. The van der Waals surface area contributed by atoms with Gasteiger partial charge in [0.05, 0.1) is 11.6 Å². The zero-order valence-corrected chi connectivity index (χ0v) is 7.43. The number of allylic oxidation sites excluding steroid dienone is 4. The Kier molecular flexibility index (Phi) is 6.45. The van der Waals surface area contributed by atoms with Crippen molar-refractivity contribution in [1.82, 2.24) is 0 Å². The summed E-state index contributed by atoms with van der Waals surface area (Å²) in [4.78, 5) is 0. The van der Waals surface area contributed by atoms with Crippen LogP contribution in [0.4, 0.5) is 0 Å². The van der Waals surface area contributed by atoms with E-state index in [9.17, 15) is 0 Å². The maximum Gasteiger partial charge on any atom is 0.0992 e. The average Bonchev–Trinajstić information content (AvgIpc) is 2.03. The van der Waals surface area contributed by atoms with Gasteiger partial charge >= 0.3 is 0 Å². The lowest BCUT2D eigenvalue weighted by molar-refractivity contribution is 1.50. The van der Waals surface area contributed by atoms with E-state index in [1.54, 1.807) is 18.4 Å².